The zero-order valence-corrected chi connectivity index (χ0v) is 19.9. The Morgan fingerprint density at radius 2 is 1.72 bits per heavy atom. The molecule has 1 unspecified atom stereocenters. The van der Waals surface area contributed by atoms with Crippen LogP contribution in [0.25, 0.3) is 0 Å². The second-order valence-corrected chi connectivity index (χ2v) is 11.3. The standard InChI is InChI=1S/C26H38O2S/c1-7-20(2)13-11-14-21(3)19-24(25-22(4)15-12-18-26(25,5)6)29(27,28)23-16-9-8-10-17-23/h7-10,16-17,19,24H,11-15,18H2,1-6H3. The van der Waals surface area contributed by atoms with E-state index in [0.29, 0.717) is 4.90 Å². The van der Waals surface area contributed by atoms with Crippen LogP contribution in [0.4, 0.5) is 0 Å². The van der Waals surface area contributed by atoms with Crippen molar-refractivity contribution in [2.45, 2.75) is 90.2 Å². The first-order chi connectivity index (χ1) is 13.6. The molecule has 1 atom stereocenters. The van der Waals surface area contributed by atoms with Gasteiger partial charge in [0.2, 0.25) is 0 Å². The maximum atomic E-state index is 13.7. The van der Waals surface area contributed by atoms with E-state index in [0.717, 1.165) is 44.1 Å². The maximum absolute atomic E-state index is 13.7. The van der Waals surface area contributed by atoms with E-state index < -0.39 is 15.1 Å². The Morgan fingerprint density at radius 3 is 2.31 bits per heavy atom. The highest BCUT2D eigenvalue weighted by atomic mass is 32.2. The van der Waals surface area contributed by atoms with Crippen LogP contribution >= 0.6 is 0 Å². The van der Waals surface area contributed by atoms with Crippen molar-refractivity contribution in [3.8, 4) is 0 Å². The fourth-order valence-electron chi connectivity index (χ4n) is 4.49. The summed E-state index contributed by atoms with van der Waals surface area (Å²) in [6.45, 7) is 12.8. The summed E-state index contributed by atoms with van der Waals surface area (Å²) in [6, 6.07) is 8.95. The van der Waals surface area contributed by atoms with Gasteiger partial charge in [0.15, 0.2) is 9.84 Å². The lowest BCUT2D eigenvalue weighted by Crippen LogP contribution is -2.33. The number of allylic oxidation sites excluding steroid dienone is 4. The van der Waals surface area contributed by atoms with Crippen molar-refractivity contribution < 1.29 is 8.42 Å². The summed E-state index contributed by atoms with van der Waals surface area (Å²) >= 11 is 0. The minimum atomic E-state index is -3.49. The molecule has 0 heterocycles. The van der Waals surface area contributed by atoms with Crippen molar-refractivity contribution in [1.29, 1.82) is 0 Å². The Bertz CT molecular complexity index is 884. The fourth-order valence-corrected chi connectivity index (χ4v) is 6.56. The lowest BCUT2D eigenvalue weighted by atomic mass is 9.71. The Morgan fingerprint density at radius 1 is 1.10 bits per heavy atom. The largest absolute Gasteiger partial charge is 0.223 e. The van der Waals surface area contributed by atoms with Crippen molar-refractivity contribution >= 4 is 9.84 Å². The SMILES string of the molecule is CC=C(C)CCCC(C)=CC(C1=C(C)CCCC1(C)C)S(=O)(=O)c1ccccc1. The van der Waals surface area contributed by atoms with E-state index >= 15 is 0 Å². The van der Waals surface area contributed by atoms with Gasteiger partial charge in [-0.25, -0.2) is 8.42 Å². The highest BCUT2D eigenvalue weighted by Gasteiger charge is 2.39. The van der Waals surface area contributed by atoms with Crippen molar-refractivity contribution in [3.05, 3.63) is 64.8 Å². The van der Waals surface area contributed by atoms with Gasteiger partial charge in [-0.3, -0.25) is 0 Å². The van der Waals surface area contributed by atoms with E-state index in [1.54, 1.807) is 12.1 Å². The normalized spacial score (nSPS) is 19.4. The van der Waals surface area contributed by atoms with E-state index in [1.807, 2.05) is 24.3 Å². The first-order valence-corrected chi connectivity index (χ1v) is 12.4. The molecular weight excluding hydrogens is 376 g/mol. The third kappa shape index (κ3) is 5.94. The molecule has 1 aliphatic rings. The molecule has 0 aromatic heterocycles. The summed E-state index contributed by atoms with van der Waals surface area (Å²) in [4.78, 5) is 0.417. The molecule has 0 aliphatic heterocycles. The lowest BCUT2D eigenvalue weighted by molar-refractivity contribution is 0.360. The van der Waals surface area contributed by atoms with Crippen LogP contribution in [0.1, 0.15) is 80.1 Å². The van der Waals surface area contributed by atoms with Crippen LogP contribution in [0.5, 0.6) is 0 Å². The number of hydrogen-bond acceptors (Lipinski definition) is 2. The molecule has 1 aromatic rings. The summed E-state index contributed by atoms with van der Waals surface area (Å²) in [6.07, 6.45) is 10.4. The summed E-state index contributed by atoms with van der Waals surface area (Å²) in [7, 11) is -3.49. The van der Waals surface area contributed by atoms with Crippen LogP contribution in [0.3, 0.4) is 0 Å². The molecule has 0 amide bonds. The Balaban J connectivity index is 2.48. The first-order valence-electron chi connectivity index (χ1n) is 10.9. The van der Waals surface area contributed by atoms with E-state index in [4.69, 9.17) is 0 Å². The molecule has 0 radical (unpaired) electrons. The van der Waals surface area contributed by atoms with Gasteiger partial charge >= 0.3 is 0 Å². The lowest BCUT2D eigenvalue weighted by Gasteiger charge is -2.38. The minimum absolute atomic E-state index is 0.104. The van der Waals surface area contributed by atoms with Crippen LogP contribution in [0.15, 0.2) is 69.7 Å². The van der Waals surface area contributed by atoms with Gasteiger partial charge in [0, 0.05) is 0 Å². The van der Waals surface area contributed by atoms with Crippen molar-refractivity contribution in [3.63, 3.8) is 0 Å². The average molecular weight is 415 g/mol. The maximum Gasteiger partial charge on any atom is 0.188 e. The highest BCUT2D eigenvalue weighted by molar-refractivity contribution is 7.92. The molecule has 1 aliphatic carbocycles. The molecule has 160 valence electrons. The Hall–Kier alpha value is -1.61. The fraction of sp³-hybridized carbons (Fsp3) is 0.538. The van der Waals surface area contributed by atoms with E-state index in [1.165, 1.54) is 16.7 Å². The number of sulfone groups is 1. The van der Waals surface area contributed by atoms with Gasteiger partial charge in [0.05, 0.1) is 4.90 Å². The Labute approximate surface area is 178 Å². The average Bonchev–Trinajstić information content (AvgIpc) is 2.67. The molecule has 0 bridgehead atoms. The highest BCUT2D eigenvalue weighted by Crippen LogP contribution is 2.45. The van der Waals surface area contributed by atoms with Gasteiger partial charge in [-0.15, -0.1) is 0 Å². The van der Waals surface area contributed by atoms with E-state index in [-0.39, 0.29) is 5.41 Å². The van der Waals surface area contributed by atoms with Crippen molar-refractivity contribution in [2.24, 2.45) is 5.41 Å². The molecule has 0 fully saturated rings. The third-order valence-electron chi connectivity index (χ3n) is 6.30. The monoisotopic (exact) mass is 414 g/mol. The quantitative estimate of drug-likeness (QED) is 0.414. The molecule has 0 saturated heterocycles. The third-order valence-corrected chi connectivity index (χ3v) is 8.27. The molecule has 0 saturated carbocycles. The van der Waals surface area contributed by atoms with Gasteiger partial charge in [0.25, 0.3) is 0 Å². The van der Waals surface area contributed by atoms with Crippen molar-refractivity contribution in [1.82, 2.24) is 0 Å². The zero-order chi connectivity index (χ0) is 21.7. The summed E-state index contributed by atoms with van der Waals surface area (Å²) < 4.78 is 27.5. The van der Waals surface area contributed by atoms with E-state index in [9.17, 15) is 8.42 Å². The van der Waals surface area contributed by atoms with E-state index in [2.05, 4.69) is 47.6 Å². The van der Waals surface area contributed by atoms with Gasteiger partial charge in [-0.05, 0) is 89.3 Å². The van der Waals surface area contributed by atoms with Gasteiger partial charge in [0.1, 0.15) is 5.25 Å². The van der Waals surface area contributed by atoms with Crippen molar-refractivity contribution in [2.75, 3.05) is 0 Å². The smallest absolute Gasteiger partial charge is 0.188 e. The summed E-state index contributed by atoms with van der Waals surface area (Å²) in [5.41, 5.74) is 4.81. The number of benzene rings is 1. The molecule has 2 rings (SSSR count). The minimum Gasteiger partial charge on any atom is -0.223 e. The second kappa shape index (κ2) is 9.93. The summed E-state index contributed by atoms with van der Waals surface area (Å²) in [5, 5.41) is -0.581. The summed E-state index contributed by atoms with van der Waals surface area (Å²) in [5.74, 6) is 0. The molecule has 29 heavy (non-hydrogen) atoms. The molecule has 3 heteroatoms. The number of rotatable bonds is 8. The topological polar surface area (TPSA) is 34.1 Å². The molecule has 2 nitrogen and oxygen atoms in total. The van der Waals surface area contributed by atoms with Gasteiger partial charge < -0.3 is 0 Å². The van der Waals surface area contributed by atoms with Gasteiger partial charge in [-0.1, -0.05) is 60.9 Å². The predicted molar refractivity (Wildman–Crippen MR) is 125 cm³/mol. The Kier molecular flexibility index (Phi) is 8.10. The van der Waals surface area contributed by atoms with Crippen LogP contribution in [-0.2, 0) is 9.84 Å². The van der Waals surface area contributed by atoms with Crippen LogP contribution in [0, 0.1) is 5.41 Å². The second-order valence-electron chi connectivity index (χ2n) is 9.21. The first kappa shape index (κ1) is 23.7. The van der Waals surface area contributed by atoms with Gasteiger partial charge in [-0.2, -0.15) is 0 Å². The predicted octanol–water partition coefficient (Wildman–Crippen LogP) is 7.44. The molecule has 0 spiro atoms. The number of hydrogen-bond donors (Lipinski definition) is 0. The molecular formula is C26H38O2S. The molecule has 0 N–H and O–H groups in total. The zero-order valence-electron chi connectivity index (χ0n) is 19.1. The van der Waals surface area contributed by atoms with Crippen LogP contribution in [0.2, 0.25) is 0 Å². The van der Waals surface area contributed by atoms with Crippen LogP contribution in [-0.4, -0.2) is 13.7 Å². The van der Waals surface area contributed by atoms with Crippen LogP contribution < -0.4 is 0 Å². The molecule has 1 aromatic carbocycles.